The molecule has 0 aromatic carbocycles. The van der Waals surface area contributed by atoms with Crippen LogP contribution in [0.25, 0.3) is 0 Å². The summed E-state index contributed by atoms with van der Waals surface area (Å²) in [5, 5.41) is 0.0528. The van der Waals surface area contributed by atoms with Crippen molar-refractivity contribution in [1.29, 1.82) is 0 Å². The number of carbonyl (C=O) groups excluding carboxylic acids is 1. The van der Waals surface area contributed by atoms with Crippen molar-refractivity contribution in [3.05, 3.63) is 0 Å². The Labute approximate surface area is 96.7 Å². The molecule has 0 aliphatic heterocycles. The van der Waals surface area contributed by atoms with Gasteiger partial charge in [-0.2, -0.15) is 0 Å². The van der Waals surface area contributed by atoms with Gasteiger partial charge in [-0.3, -0.25) is 4.79 Å². The quantitative estimate of drug-likeness (QED) is 0.620. The molecule has 4 nitrogen and oxygen atoms in total. The molecule has 6 heteroatoms. The Kier molecular flexibility index (Phi) is 8.35. The summed E-state index contributed by atoms with van der Waals surface area (Å²) in [5.74, 6) is 0. The monoisotopic (exact) mass is 252 g/mol. The van der Waals surface area contributed by atoms with Gasteiger partial charge >= 0.3 is 7.95 Å². The zero-order valence-electron chi connectivity index (χ0n) is 9.87. The number of hydrogen-bond donors (Lipinski definition) is 0. The number of carbonyl (C=O) groups is 1. The van der Waals surface area contributed by atoms with Gasteiger partial charge in [0.15, 0.2) is 5.12 Å². The third-order valence-electron chi connectivity index (χ3n) is 1.49. The van der Waals surface area contributed by atoms with Crippen LogP contribution in [0.1, 0.15) is 34.1 Å². The van der Waals surface area contributed by atoms with Crippen LogP contribution in [0.4, 0.5) is 0 Å². The van der Waals surface area contributed by atoms with Crippen LogP contribution in [0.3, 0.4) is 0 Å². The molecule has 0 bridgehead atoms. The Balaban J connectivity index is 4.51. The van der Waals surface area contributed by atoms with Gasteiger partial charge in [-0.15, -0.1) is 0 Å². The van der Waals surface area contributed by atoms with Crippen LogP contribution >= 0.6 is 11.2 Å². The van der Waals surface area contributed by atoms with Crippen molar-refractivity contribution in [2.24, 2.45) is 0 Å². The van der Waals surface area contributed by atoms with Crippen molar-refractivity contribution >= 4 is 24.3 Å². The lowest BCUT2D eigenvalue weighted by Crippen LogP contribution is -2.44. The Morgan fingerprint density at radius 2 is 1.40 bits per heavy atom. The first-order valence-corrected chi connectivity index (χ1v) is 8.54. The zero-order valence-corrected chi connectivity index (χ0v) is 11.7. The summed E-state index contributed by atoms with van der Waals surface area (Å²) in [6, 6.07) is 0. The van der Waals surface area contributed by atoms with Crippen molar-refractivity contribution < 1.29 is 18.1 Å². The van der Waals surface area contributed by atoms with E-state index >= 15 is 0 Å². The Morgan fingerprint density at radius 1 is 1.00 bits per heavy atom. The SMILES string of the molecule is CCO[Si](OCC)(OCC)SC(=O)CC. The third kappa shape index (κ3) is 5.67. The van der Waals surface area contributed by atoms with Gasteiger partial charge in [0.25, 0.3) is 0 Å². The standard InChI is InChI=1S/C9H20O4SSi/c1-5-9(10)14-15(11-6-2,12-7-3)13-8-4/h5-8H2,1-4H3. The van der Waals surface area contributed by atoms with Crippen LogP contribution in [0, 0.1) is 0 Å². The maximum atomic E-state index is 11.4. The van der Waals surface area contributed by atoms with Crippen molar-refractivity contribution in [3.63, 3.8) is 0 Å². The number of rotatable bonds is 8. The Bertz CT molecular complexity index is 172. The van der Waals surface area contributed by atoms with Gasteiger partial charge < -0.3 is 13.3 Å². The van der Waals surface area contributed by atoms with Gasteiger partial charge in [0.2, 0.25) is 0 Å². The van der Waals surface area contributed by atoms with Gasteiger partial charge in [-0.25, -0.2) is 0 Å². The summed E-state index contributed by atoms with van der Waals surface area (Å²) in [7, 11) is -2.81. The minimum Gasteiger partial charge on any atom is -0.365 e. The molecule has 0 amide bonds. The molecule has 0 fully saturated rings. The second-order valence-corrected chi connectivity index (χ2v) is 7.26. The van der Waals surface area contributed by atoms with Crippen LogP contribution in [0.5, 0.6) is 0 Å². The summed E-state index contributed by atoms with van der Waals surface area (Å²) >= 11 is 1.10. The van der Waals surface area contributed by atoms with Gasteiger partial charge in [-0.1, -0.05) is 6.92 Å². The summed E-state index contributed by atoms with van der Waals surface area (Å²) < 4.78 is 16.6. The van der Waals surface area contributed by atoms with Crippen LogP contribution < -0.4 is 0 Å². The highest BCUT2D eigenvalue weighted by molar-refractivity contribution is 8.37. The summed E-state index contributed by atoms with van der Waals surface area (Å²) in [5.41, 5.74) is 0. The van der Waals surface area contributed by atoms with Crippen LogP contribution in [0.15, 0.2) is 0 Å². The lowest BCUT2D eigenvalue weighted by Gasteiger charge is -2.26. The average Bonchev–Trinajstić information content (AvgIpc) is 2.18. The van der Waals surface area contributed by atoms with Gasteiger partial charge in [0.05, 0.1) is 0 Å². The summed E-state index contributed by atoms with van der Waals surface area (Å²) in [4.78, 5) is 11.4. The first kappa shape index (κ1) is 15.1. The first-order valence-electron chi connectivity index (χ1n) is 5.27. The number of hydrogen-bond acceptors (Lipinski definition) is 5. The van der Waals surface area contributed by atoms with E-state index in [9.17, 15) is 4.79 Å². The Morgan fingerprint density at radius 3 is 1.67 bits per heavy atom. The lowest BCUT2D eigenvalue weighted by atomic mass is 10.6. The molecule has 0 rings (SSSR count). The predicted octanol–water partition coefficient (Wildman–Crippen LogP) is 2.20. The molecule has 0 unspecified atom stereocenters. The highest BCUT2D eigenvalue weighted by Crippen LogP contribution is 2.26. The van der Waals surface area contributed by atoms with Crippen LogP contribution in [0.2, 0.25) is 0 Å². The molecular formula is C9H20O4SSi. The minimum absolute atomic E-state index is 0.0528. The third-order valence-corrected chi connectivity index (χ3v) is 6.68. The van der Waals surface area contributed by atoms with E-state index < -0.39 is 7.95 Å². The summed E-state index contributed by atoms with van der Waals surface area (Å²) in [6.45, 7) is 8.92. The van der Waals surface area contributed by atoms with E-state index in [2.05, 4.69) is 0 Å². The van der Waals surface area contributed by atoms with E-state index in [0.29, 0.717) is 26.2 Å². The first-order chi connectivity index (χ1) is 7.14. The molecular weight excluding hydrogens is 232 g/mol. The molecule has 0 spiro atoms. The zero-order chi connectivity index (χ0) is 11.7. The van der Waals surface area contributed by atoms with Crippen molar-refractivity contribution in [2.45, 2.75) is 34.1 Å². The van der Waals surface area contributed by atoms with Gasteiger partial charge in [-0.05, 0) is 32.0 Å². The molecule has 0 aliphatic rings. The minimum atomic E-state index is -2.81. The van der Waals surface area contributed by atoms with E-state index in [1.807, 2.05) is 27.7 Å². The van der Waals surface area contributed by atoms with Gasteiger partial charge in [0, 0.05) is 26.2 Å². The maximum Gasteiger partial charge on any atom is 0.580 e. The normalized spacial score (nSPS) is 11.7. The molecule has 0 aliphatic carbocycles. The molecule has 0 radical (unpaired) electrons. The second kappa shape index (κ2) is 8.29. The molecule has 0 aromatic heterocycles. The van der Waals surface area contributed by atoms with Crippen molar-refractivity contribution in [2.75, 3.05) is 19.8 Å². The molecule has 15 heavy (non-hydrogen) atoms. The van der Waals surface area contributed by atoms with Gasteiger partial charge in [0.1, 0.15) is 0 Å². The largest absolute Gasteiger partial charge is 0.580 e. The highest BCUT2D eigenvalue weighted by Gasteiger charge is 2.44. The van der Waals surface area contributed by atoms with E-state index in [1.165, 1.54) is 0 Å². The van der Waals surface area contributed by atoms with E-state index in [0.717, 1.165) is 11.2 Å². The average molecular weight is 252 g/mol. The van der Waals surface area contributed by atoms with E-state index in [1.54, 1.807) is 0 Å². The fourth-order valence-corrected chi connectivity index (χ4v) is 5.73. The van der Waals surface area contributed by atoms with Crippen molar-refractivity contribution in [1.82, 2.24) is 0 Å². The fourth-order valence-electron chi connectivity index (χ4n) is 0.955. The topological polar surface area (TPSA) is 44.8 Å². The molecule has 90 valence electrons. The molecule has 0 heterocycles. The highest BCUT2D eigenvalue weighted by atomic mass is 32.4. The maximum absolute atomic E-state index is 11.4. The molecule has 0 atom stereocenters. The molecule has 0 saturated carbocycles. The molecule has 0 aromatic rings. The molecule has 0 N–H and O–H groups in total. The van der Waals surface area contributed by atoms with Crippen LogP contribution in [-0.4, -0.2) is 32.9 Å². The predicted molar refractivity (Wildman–Crippen MR) is 63.5 cm³/mol. The van der Waals surface area contributed by atoms with Crippen molar-refractivity contribution in [3.8, 4) is 0 Å². The van der Waals surface area contributed by atoms with Crippen LogP contribution in [-0.2, 0) is 18.1 Å². The smallest absolute Gasteiger partial charge is 0.365 e. The second-order valence-electron chi connectivity index (χ2n) is 2.63. The lowest BCUT2D eigenvalue weighted by molar-refractivity contribution is -0.110. The van der Waals surface area contributed by atoms with E-state index in [4.69, 9.17) is 13.3 Å². The molecule has 0 saturated heterocycles. The van der Waals surface area contributed by atoms with E-state index in [-0.39, 0.29) is 5.12 Å². The fraction of sp³-hybridized carbons (Fsp3) is 0.889. The summed E-state index contributed by atoms with van der Waals surface area (Å²) in [6.07, 6.45) is 0.465. The Hall–Kier alpha value is 0.117.